The molecule has 3 aromatic rings. The molecule has 1 unspecified atom stereocenters. The summed E-state index contributed by atoms with van der Waals surface area (Å²) in [7, 11) is 7.57. The largest absolute Gasteiger partial charge is 0.497 e. The van der Waals surface area contributed by atoms with Gasteiger partial charge in [0, 0.05) is 33.4 Å². The van der Waals surface area contributed by atoms with E-state index in [2.05, 4.69) is 41.3 Å². The summed E-state index contributed by atoms with van der Waals surface area (Å²) in [4.78, 5) is 16.8. The van der Waals surface area contributed by atoms with Gasteiger partial charge in [-0.2, -0.15) is 0 Å². The monoisotopic (exact) mass is 376 g/mol. The van der Waals surface area contributed by atoms with Gasteiger partial charge in [-0.1, -0.05) is 36.4 Å². The summed E-state index contributed by atoms with van der Waals surface area (Å²) >= 11 is 0. The number of ether oxygens (including phenoxy) is 1. The number of anilines is 1. The van der Waals surface area contributed by atoms with Crippen LogP contribution in [0.4, 0.5) is 5.69 Å². The summed E-state index contributed by atoms with van der Waals surface area (Å²) < 4.78 is 5.28. The molecule has 0 aliphatic carbocycles. The highest BCUT2D eigenvalue weighted by atomic mass is 16.5. The lowest BCUT2D eigenvalue weighted by atomic mass is 9.96. The predicted molar refractivity (Wildman–Crippen MR) is 116 cm³/mol. The maximum atomic E-state index is 13.0. The van der Waals surface area contributed by atoms with E-state index in [1.807, 2.05) is 52.3 Å². The maximum absolute atomic E-state index is 13.0. The van der Waals surface area contributed by atoms with Gasteiger partial charge in [-0.05, 0) is 53.1 Å². The molecule has 3 rings (SSSR count). The summed E-state index contributed by atoms with van der Waals surface area (Å²) in [6, 6.07) is 20.5. The van der Waals surface area contributed by atoms with Crippen LogP contribution in [0.5, 0.6) is 5.75 Å². The number of fused-ring (bicyclic) bond motifs is 1. The second-order valence-corrected chi connectivity index (χ2v) is 7.45. The fourth-order valence-corrected chi connectivity index (χ4v) is 3.36. The Morgan fingerprint density at radius 1 is 0.929 bits per heavy atom. The van der Waals surface area contributed by atoms with Gasteiger partial charge in [0.2, 0.25) is 5.91 Å². The second-order valence-electron chi connectivity index (χ2n) is 7.45. The lowest BCUT2D eigenvalue weighted by molar-refractivity contribution is -0.131. The zero-order chi connectivity index (χ0) is 20.3. The Labute approximate surface area is 167 Å². The van der Waals surface area contributed by atoms with Crippen molar-refractivity contribution in [2.75, 3.05) is 33.2 Å². The summed E-state index contributed by atoms with van der Waals surface area (Å²) in [5.74, 6) is 0.756. The van der Waals surface area contributed by atoms with E-state index >= 15 is 0 Å². The van der Waals surface area contributed by atoms with Gasteiger partial charge in [-0.15, -0.1) is 0 Å². The van der Waals surface area contributed by atoms with Crippen LogP contribution in [0.2, 0.25) is 0 Å². The molecule has 0 aromatic heterocycles. The highest BCUT2D eigenvalue weighted by molar-refractivity contribution is 5.88. The molecule has 0 radical (unpaired) electrons. The fourth-order valence-electron chi connectivity index (χ4n) is 3.36. The summed E-state index contributed by atoms with van der Waals surface area (Å²) in [5, 5.41) is 2.22. The average Bonchev–Trinajstić information content (AvgIpc) is 2.72. The van der Waals surface area contributed by atoms with E-state index in [0.29, 0.717) is 6.54 Å². The highest BCUT2D eigenvalue weighted by Gasteiger charge is 2.20. The molecule has 0 fully saturated rings. The third-order valence-corrected chi connectivity index (χ3v) is 5.19. The van der Waals surface area contributed by atoms with Crippen molar-refractivity contribution in [2.24, 2.45) is 0 Å². The Bertz CT molecular complexity index is 964. The number of hydrogen-bond acceptors (Lipinski definition) is 3. The normalized spacial score (nSPS) is 11.9. The number of amides is 1. The molecule has 28 heavy (non-hydrogen) atoms. The number of carbonyl (C=O) groups excluding carboxylic acids is 1. The van der Waals surface area contributed by atoms with Crippen molar-refractivity contribution < 1.29 is 9.53 Å². The van der Waals surface area contributed by atoms with Crippen LogP contribution in [0.15, 0.2) is 60.7 Å². The number of hydrogen-bond donors (Lipinski definition) is 0. The van der Waals surface area contributed by atoms with Crippen LogP contribution in [0.1, 0.15) is 24.0 Å². The van der Waals surface area contributed by atoms with Crippen LogP contribution in [0, 0.1) is 0 Å². The molecule has 0 saturated heterocycles. The minimum Gasteiger partial charge on any atom is -0.497 e. The number of methoxy groups -OCH3 is 1. The van der Waals surface area contributed by atoms with E-state index in [0.717, 1.165) is 33.3 Å². The molecular formula is C24H28N2O2. The zero-order valence-electron chi connectivity index (χ0n) is 17.3. The summed E-state index contributed by atoms with van der Waals surface area (Å²) in [6.45, 7) is 2.57. The lowest BCUT2D eigenvalue weighted by Crippen LogP contribution is -2.30. The van der Waals surface area contributed by atoms with Crippen molar-refractivity contribution in [3.63, 3.8) is 0 Å². The van der Waals surface area contributed by atoms with Gasteiger partial charge in [-0.3, -0.25) is 4.79 Å². The van der Waals surface area contributed by atoms with Crippen molar-refractivity contribution in [3.05, 3.63) is 71.8 Å². The standard InChI is InChI=1S/C24H28N2O2/c1-17(19-8-9-21-15-23(28-5)13-10-20(21)14-19)24(27)26(4)16-18-6-11-22(12-7-18)25(2)3/h6-15,17H,16H2,1-5H3. The Morgan fingerprint density at radius 3 is 2.21 bits per heavy atom. The first-order valence-electron chi connectivity index (χ1n) is 9.48. The van der Waals surface area contributed by atoms with Crippen LogP contribution in [0.25, 0.3) is 10.8 Å². The maximum Gasteiger partial charge on any atom is 0.229 e. The molecule has 4 heteroatoms. The Kier molecular flexibility index (Phi) is 5.88. The highest BCUT2D eigenvalue weighted by Crippen LogP contribution is 2.26. The fraction of sp³-hybridized carbons (Fsp3) is 0.292. The van der Waals surface area contributed by atoms with Gasteiger partial charge in [0.05, 0.1) is 13.0 Å². The molecule has 0 spiro atoms. The first-order valence-corrected chi connectivity index (χ1v) is 9.48. The van der Waals surface area contributed by atoms with Crippen molar-refractivity contribution in [2.45, 2.75) is 19.4 Å². The molecule has 0 saturated carbocycles. The molecule has 1 amide bonds. The summed E-state index contributed by atoms with van der Waals surface area (Å²) in [5.41, 5.74) is 3.30. The predicted octanol–water partition coefficient (Wildman–Crippen LogP) is 4.68. The molecule has 0 heterocycles. The second kappa shape index (κ2) is 8.34. The first kappa shape index (κ1) is 19.7. The van der Waals surface area contributed by atoms with Gasteiger partial charge < -0.3 is 14.5 Å². The van der Waals surface area contributed by atoms with Gasteiger partial charge in [0.1, 0.15) is 5.75 Å². The molecule has 4 nitrogen and oxygen atoms in total. The van der Waals surface area contributed by atoms with Crippen molar-refractivity contribution in [3.8, 4) is 5.75 Å². The lowest BCUT2D eigenvalue weighted by Gasteiger charge is -2.22. The van der Waals surface area contributed by atoms with Crippen molar-refractivity contribution in [1.82, 2.24) is 4.90 Å². The number of nitrogens with zero attached hydrogens (tertiary/aromatic N) is 2. The topological polar surface area (TPSA) is 32.8 Å². The minimum absolute atomic E-state index is 0.115. The minimum atomic E-state index is -0.197. The van der Waals surface area contributed by atoms with E-state index in [4.69, 9.17) is 4.74 Å². The van der Waals surface area contributed by atoms with Crippen LogP contribution >= 0.6 is 0 Å². The van der Waals surface area contributed by atoms with E-state index in [-0.39, 0.29) is 11.8 Å². The van der Waals surface area contributed by atoms with Gasteiger partial charge in [-0.25, -0.2) is 0 Å². The van der Waals surface area contributed by atoms with Gasteiger partial charge in [0.25, 0.3) is 0 Å². The molecule has 0 aliphatic heterocycles. The average molecular weight is 377 g/mol. The van der Waals surface area contributed by atoms with E-state index in [1.165, 1.54) is 0 Å². The Hall–Kier alpha value is -3.01. The number of carbonyl (C=O) groups is 1. The van der Waals surface area contributed by atoms with Crippen LogP contribution in [0.3, 0.4) is 0 Å². The van der Waals surface area contributed by atoms with E-state index in [9.17, 15) is 4.79 Å². The van der Waals surface area contributed by atoms with Gasteiger partial charge >= 0.3 is 0 Å². The first-order chi connectivity index (χ1) is 13.4. The van der Waals surface area contributed by atoms with Crippen LogP contribution in [-0.2, 0) is 11.3 Å². The molecule has 0 bridgehead atoms. The number of likely N-dealkylation sites (N-methyl/N-ethyl adjacent to an activating group) is 1. The molecule has 1 atom stereocenters. The zero-order valence-corrected chi connectivity index (χ0v) is 17.3. The third kappa shape index (κ3) is 4.28. The Morgan fingerprint density at radius 2 is 1.57 bits per heavy atom. The van der Waals surface area contributed by atoms with Crippen LogP contribution < -0.4 is 9.64 Å². The van der Waals surface area contributed by atoms with Gasteiger partial charge in [0.15, 0.2) is 0 Å². The third-order valence-electron chi connectivity index (χ3n) is 5.19. The molecule has 0 N–H and O–H groups in total. The smallest absolute Gasteiger partial charge is 0.229 e. The summed E-state index contributed by atoms with van der Waals surface area (Å²) in [6.07, 6.45) is 0. The molecule has 3 aromatic carbocycles. The quantitative estimate of drug-likeness (QED) is 0.626. The van der Waals surface area contributed by atoms with Crippen molar-refractivity contribution >= 4 is 22.4 Å². The molecule has 0 aliphatic rings. The molecule has 146 valence electrons. The Balaban J connectivity index is 1.72. The number of rotatable bonds is 6. The van der Waals surface area contributed by atoms with Crippen molar-refractivity contribution in [1.29, 1.82) is 0 Å². The van der Waals surface area contributed by atoms with Crippen LogP contribution in [-0.4, -0.2) is 39.1 Å². The van der Waals surface area contributed by atoms with E-state index in [1.54, 1.807) is 12.0 Å². The molecular weight excluding hydrogens is 348 g/mol. The SMILES string of the molecule is COc1ccc2cc(C(C)C(=O)N(C)Cc3ccc(N(C)C)cc3)ccc2c1. The van der Waals surface area contributed by atoms with E-state index < -0.39 is 0 Å². The number of benzene rings is 3.